The SMILES string of the molecule is C[C@H](CCC(=O)N1CCN(c2ccncn2)CC1)[C@H]1CC[C@H]2[C@@H]3CC[C@H]4C[C@@H](O)CC[C@]4(C)[C@H]3CC[C@]12C. The Morgan fingerprint density at radius 1 is 1.03 bits per heavy atom. The third-order valence-electron chi connectivity index (χ3n) is 12.7. The lowest BCUT2D eigenvalue weighted by atomic mass is 9.44. The number of aliphatic hydroxyl groups excluding tert-OH is 1. The quantitative estimate of drug-likeness (QED) is 0.548. The van der Waals surface area contributed by atoms with Crippen LogP contribution in [0.1, 0.15) is 91.4 Å². The highest BCUT2D eigenvalue weighted by atomic mass is 16.3. The van der Waals surface area contributed by atoms with E-state index in [1.807, 2.05) is 6.07 Å². The summed E-state index contributed by atoms with van der Waals surface area (Å²) in [7, 11) is 0. The average Bonchev–Trinajstić information content (AvgIpc) is 3.30. The maximum atomic E-state index is 13.2. The zero-order valence-corrected chi connectivity index (χ0v) is 24.0. The molecular formula is C32H50N4O2. The first-order valence-corrected chi connectivity index (χ1v) is 15.8. The van der Waals surface area contributed by atoms with E-state index in [-0.39, 0.29) is 6.10 Å². The average molecular weight is 523 g/mol. The van der Waals surface area contributed by atoms with Crippen LogP contribution in [0.25, 0.3) is 0 Å². The maximum absolute atomic E-state index is 13.2. The van der Waals surface area contributed by atoms with Crippen LogP contribution in [0.4, 0.5) is 5.82 Å². The predicted molar refractivity (Wildman–Crippen MR) is 150 cm³/mol. The van der Waals surface area contributed by atoms with Gasteiger partial charge in [0.1, 0.15) is 12.1 Å². The van der Waals surface area contributed by atoms with E-state index in [2.05, 4.69) is 40.5 Å². The molecule has 6 nitrogen and oxygen atoms in total. The van der Waals surface area contributed by atoms with Gasteiger partial charge in [-0.1, -0.05) is 20.8 Å². The van der Waals surface area contributed by atoms with Gasteiger partial charge in [0, 0.05) is 38.8 Å². The van der Waals surface area contributed by atoms with Crippen molar-refractivity contribution in [3.05, 3.63) is 18.6 Å². The second kappa shape index (κ2) is 10.4. The maximum Gasteiger partial charge on any atom is 0.222 e. The molecule has 6 rings (SSSR count). The van der Waals surface area contributed by atoms with Gasteiger partial charge in [-0.3, -0.25) is 4.79 Å². The minimum Gasteiger partial charge on any atom is -0.393 e. The number of hydrogen-bond donors (Lipinski definition) is 1. The number of anilines is 1. The molecule has 0 spiro atoms. The van der Waals surface area contributed by atoms with E-state index < -0.39 is 0 Å². The van der Waals surface area contributed by atoms with Gasteiger partial charge in [0.15, 0.2) is 0 Å². The van der Waals surface area contributed by atoms with E-state index in [0.717, 1.165) is 80.8 Å². The normalized spacial score (nSPS) is 41.7. The summed E-state index contributed by atoms with van der Waals surface area (Å²) >= 11 is 0. The van der Waals surface area contributed by atoms with Crippen molar-refractivity contribution in [1.82, 2.24) is 14.9 Å². The molecule has 1 N–H and O–H groups in total. The number of fused-ring (bicyclic) bond motifs is 5. The summed E-state index contributed by atoms with van der Waals surface area (Å²) in [5.74, 6) is 6.03. The lowest BCUT2D eigenvalue weighted by molar-refractivity contribution is -0.133. The smallest absolute Gasteiger partial charge is 0.222 e. The van der Waals surface area contributed by atoms with Crippen molar-refractivity contribution in [2.24, 2.45) is 46.3 Å². The van der Waals surface area contributed by atoms with Crippen LogP contribution in [0, 0.1) is 46.3 Å². The minimum absolute atomic E-state index is 0.0554. The Hall–Kier alpha value is -1.69. The molecule has 1 saturated heterocycles. The Morgan fingerprint density at radius 3 is 2.55 bits per heavy atom. The highest BCUT2D eigenvalue weighted by Crippen LogP contribution is 2.68. The second-order valence-electron chi connectivity index (χ2n) is 14.3. The van der Waals surface area contributed by atoms with Gasteiger partial charge in [0.05, 0.1) is 6.10 Å². The van der Waals surface area contributed by atoms with Crippen molar-refractivity contribution in [1.29, 1.82) is 0 Å². The Balaban J connectivity index is 1.03. The molecule has 1 aliphatic heterocycles. The summed E-state index contributed by atoms with van der Waals surface area (Å²) in [5, 5.41) is 10.3. The fourth-order valence-corrected chi connectivity index (χ4v) is 10.6. The van der Waals surface area contributed by atoms with Crippen molar-refractivity contribution < 1.29 is 9.90 Å². The number of piperazine rings is 1. The number of hydrogen-bond acceptors (Lipinski definition) is 5. The van der Waals surface area contributed by atoms with Crippen molar-refractivity contribution in [2.75, 3.05) is 31.1 Å². The van der Waals surface area contributed by atoms with E-state index in [4.69, 9.17) is 0 Å². The van der Waals surface area contributed by atoms with Crippen molar-refractivity contribution in [3.63, 3.8) is 0 Å². The molecule has 38 heavy (non-hydrogen) atoms. The Labute approximate surface area is 230 Å². The number of carbonyl (C=O) groups is 1. The number of carbonyl (C=O) groups excluding carboxylic acids is 1. The van der Waals surface area contributed by atoms with Gasteiger partial charge in [-0.15, -0.1) is 0 Å². The third kappa shape index (κ3) is 4.57. The van der Waals surface area contributed by atoms with Crippen LogP contribution in [0.5, 0.6) is 0 Å². The van der Waals surface area contributed by atoms with Gasteiger partial charge in [-0.2, -0.15) is 0 Å². The van der Waals surface area contributed by atoms with E-state index >= 15 is 0 Å². The summed E-state index contributed by atoms with van der Waals surface area (Å²) in [6.45, 7) is 11.0. The molecule has 0 bridgehead atoms. The molecule has 1 aromatic heterocycles. The van der Waals surface area contributed by atoms with Crippen molar-refractivity contribution in [3.8, 4) is 0 Å². The van der Waals surface area contributed by atoms with Gasteiger partial charge >= 0.3 is 0 Å². The molecule has 5 fully saturated rings. The Morgan fingerprint density at radius 2 is 1.79 bits per heavy atom. The second-order valence-corrected chi connectivity index (χ2v) is 14.3. The molecule has 210 valence electrons. The molecule has 5 aliphatic rings. The summed E-state index contributed by atoms with van der Waals surface area (Å²) in [5.41, 5.74) is 0.904. The molecule has 4 aliphatic carbocycles. The summed E-state index contributed by atoms with van der Waals surface area (Å²) < 4.78 is 0. The number of amides is 1. The zero-order valence-electron chi connectivity index (χ0n) is 24.0. The monoisotopic (exact) mass is 522 g/mol. The van der Waals surface area contributed by atoms with Crippen LogP contribution in [0.2, 0.25) is 0 Å². The summed E-state index contributed by atoms with van der Waals surface area (Å²) in [4.78, 5) is 25.9. The fourth-order valence-electron chi connectivity index (χ4n) is 10.6. The summed E-state index contributed by atoms with van der Waals surface area (Å²) in [6, 6.07) is 1.95. The molecule has 0 radical (unpaired) electrons. The van der Waals surface area contributed by atoms with E-state index in [1.165, 1.54) is 44.9 Å². The predicted octanol–water partition coefficient (Wildman–Crippen LogP) is 5.56. The van der Waals surface area contributed by atoms with E-state index in [9.17, 15) is 9.90 Å². The first kappa shape index (κ1) is 26.5. The molecule has 0 aromatic carbocycles. The molecule has 1 amide bonds. The fraction of sp³-hybridized carbons (Fsp3) is 0.844. The Bertz CT molecular complexity index is 981. The van der Waals surface area contributed by atoms with Gasteiger partial charge in [-0.25, -0.2) is 9.97 Å². The molecular weight excluding hydrogens is 472 g/mol. The highest BCUT2D eigenvalue weighted by Gasteiger charge is 2.60. The van der Waals surface area contributed by atoms with Crippen LogP contribution in [0.15, 0.2) is 18.6 Å². The van der Waals surface area contributed by atoms with E-state index in [1.54, 1.807) is 12.5 Å². The van der Waals surface area contributed by atoms with Crippen LogP contribution in [-0.2, 0) is 4.79 Å². The lowest BCUT2D eigenvalue weighted by Gasteiger charge is -2.61. The molecule has 9 atom stereocenters. The topological polar surface area (TPSA) is 69.6 Å². The van der Waals surface area contributed by atoms with Crippen LogP contribution < -0.4 is 4.90 Å². The van der Waals surface area contributed by atoms with Gasteiger partial charge in [0.2, 0.25) is 5.91 Å². The van der Waals surface area contributed by atoms with E-state index in [0.29, 0.717) is 29.1 Å². The van der Waals surface area contributed by atoms with Crippen LogP contribution in [-0.4, -0.2) is 58.2 Å². The largest absolute Gasteiger partial charge is 0.393 e. The van der Waals surface area contributed by atoms with Gasteiger partial charge < -0.3 is 14.9 Å². The zero-order chi connectivity index (χ0) is 26.5. The minimum atomic E-state index is -0.0554. The third-order valence-corrected chi connectivity index (χ3v) is 12.7. The lowest BCUT2D eigenvalue weighted by Crippen LogP contribution is -2.54. The first-order chi connectivity index (χ1) is 18.3. The van der Waals surface area contributed by atoms with Gasteiger partial charge in [-0.05, 0) is 117 Å². The first-order valence-electron chi connectivity index (χ1n) is 15.8. The number of rotatable bonds is 5. The van der Waals surface area contributed by atoms with Crippen molar-refractivity contribution in [2.45, 2.75) is 97.5 Å². The Kier molecular flexibility index (Phi) is 7.24. The summed E-state index contributed by atoms with van der Waals surface area (Å²) in [6.07, 6.45) is 16.6. The van der Waals surface area contributed by atoms with Crippen LogP contribution >= 0.6 is 0 Å². The number of nitrogens with zero attached hydrogens (tertiary/aromatic N) is 4. The molecule has 6 heteroatoms. The van der Waals surface area contributed by atoms with Gasteiger partial charge in [0.25, 0.3) is 0 Å². The standard InChI is InChI=1S/C32H50N4O2/c1-22(4-9-30(38)36-18-16-35(17-19-36)29-12-15-33-21-34-29)26-7-8-27-25-6-5-23-20-24(37)10-13-31(23,2)28(25)11-14-32(26,27)3/h12,15,21-28,37H,4-11,13-14,16-20H2,1-3H3/t22-,23+,24+,25+,26-,27+,28+,31+,32-/m1/s1. The highest BCUT2D eigenvalue weighted by molar-refractivity contribution is 5.76. The molecule has 0 unspecified atom stereocenters. The molecule has 4 saturated carbocycles. The van der Waals surface area contributed by atoms with Crippen LogP contribution in [0.3, 0.4) is 0 Å². The van der Waals surface area contributed by atoms with Crippen molar-refractivity contribution >= 4 is 11.7 Å². The number of aliphatic hydroxyl groups is 1. The molecule has 2 heterocycles. The molecule has 1 aromatic rings. The number of aromatic nitrogens is 2.